The van der Waals surface area contributed by atoms with Crippen LogP contribution in [-0.4, -0.2) is 37.1 Å². The summed E-state index contributed by atoms with van der Waals surface area (Å²) in [7, 11) is 0. The molecule has 21 heavy (non-hydrogen) atoms. The van der Waals surface area contributed by atoms with E-state index >= 15 is 0 Å². The highest BCUT2D eigenvalue weighted by atomic mass is 15.1. The van der Waals surface area contributed by atoms with Gasteiger partial charge in [0.1, 0.15) is 0 Å². The summed E-state index contributed by atoms with van der Waals surface area (Å²) in [6.07, 6.45) is 6.61. The molecule has 0 spiro atoms. The molecule has 0 unspecified atom stereocenters. The summed E-state index contributed by atoms with van der Waals surface area (Å²) in [6, 6.07) is 11.8. The molecule has 0 radical (unpaired) electrons. The second-order valence-corrected chi connectivity index (χ2v) is 6.35. The summed E-state index contributed by atoms with van der Waals surface area (Å²) in [5, 5.41) is 3.78. The van der Waals surface area contributed by atoms with Gasteiger partial charge in [0.15, 0.2) is 0 Å². The first-order valence-electron chi connectivity index (χ1n) is 8.84. The fraction of sp³-hybridized carbons (Fsp3) is 0.684. The number of likely N-dealkylation sites (N-methyl/N-ethyl adjacent to an activating group) is 1. The van der Waals surface area contributed by atoms with Gasteiger partial charge in [0.05, 0.1) is 0 Å². The topological polar surface area (TPSA) is 15.3 Å². The molecule has 2 rings (SSSR count). The first-order chi connectivity index (χ1) is 10.3. The molecule has 118 valence electrons. The van der Waals surface area contributed by atoms with Crippen LogP contribution in [0.5, 0.6) is 0 Å². The van der Waals surface area contributed by atoms with E-state index in [9.17, 15) is 0 Å². The van der Waals surface area contributed by atoms with E-state index in [4.69, 9.17) is 0 Å². The molecule has 0 heterocycles. The summed E-state index contributed by atoms with van der Waals surface area (Å²) in [5.74, 6) is 0.788. The first-order valence-corrected chi connectivity index (χ1v) is 8.84. The van der Waals surface area contributed by atoms with Crippen molar-refractivity contribution in [3.05, 3.63) is 35.9 Å². The summed E-state index contributed by atoms with van der Waals surface area (Å²) < 4.78 is 0. The lowest BCUT2D eigenvalue weighted by Crippen LogP contribution is -2.39. The molecule has 0 amide bonds. The molecule has 0 saturated heterocycles. The maximum atomic E-state index is 3.78. The zero-order valence-corrected chi connectivity index (χ0v) is 13.9. The highest BCUT2D eigenvalue weighted by Gasteiger charge is 2.21. The Morgan fingerprint density at radius 3 is 2.33 bits per heavy atom. The molecule has 2 heteroatoms. The Kier molecular flexibility index (Phi) is 7.25. The van der Waals surface area contributed by atoms with Crippen LogP contribution in [0, 0.1) is 0 Å². The normalized spacial score (nSPS) is 22.6. The van der Waals surface area contributed by atoms with Gasteiger partial charge in [-0.3, -0.25) is 0 Å². The van der Waals surface area contributed by atoms with E-state index in [-0.39, 0.29) is 0 Å². The number of nitrogens with zero attached hydrogens (tertiary/aromatic N) is 1. The summed E-state index contributed by atoms with van der Waals surface area (Å²) in [6.45, 7) is 9.29. The third kappa shape index (κ3) is 5.44. The highest BCUT2D eigenvalue weighted by Crippen LogP contribution is 2.32. The minimum Gasteiger partial charge on any atom is -0.313 e. The van der Waals surface area contributed by atoms with Gasteiger partial charge in [0.25, 0.3) is 0 Å². The molecule has 1 fully saturated rings. The van der Waals surface area contributed by atoms with Gasteiger partial charge in [0.2, 0.25) is 0 Å². The fourth-order valence-electron chi connectivity index (χ4n) is 3.53. The standard InChI is InChI=1S/C19H32N2/c1-3-15-21(4-2)16-14-20-19-12-10-18(11-13-19)17-8-6-5-7-9-17/h5-9,18-20H,3-4,10-16H2,1-2H3. The van der Waals surface area contributed by atoms with Gasteiger partial charge in [-0.1, -0.05) is 44.2 Å². The number of hydrogen-bond donors (Lipinski definition) is 1. The monoisotopic (exact) mass is 288 g/mol. The molecular formula is C19H32N2. The van der Waals surface area contributed by atoms with Crippen LogP contribution in [0.25, 0.3) is 0 Å². The van der Waals surface area contributed by atoms with E-state index in [1.807, 2.05) is 0 Å². The van der Waals surface area contributed by atoms with Crippen molar-refractivity contribution in [3.8, 4) is 0 Å². The number of hydrogen-bond acceptors (Lipinski definition) is 2. The van der Waals surface area contributed by atoms with Crippen LogP contribution in [0.3, 0.4) is 0 Å². The van der Waals surface area contributed by atoms with E-state index in [0.717, 1.165) is 18.5 Å². The molecule has 1 N–H and O–H groups in total. The van der Waals surface area contributed by atoms with Gasteiger partial charge in [-0.15, -0.1) is 0 Å². The van der Waals surface area contributed by atoms with Crippen molar-refractivity contribution in [2.24, 2.45) is 0 Å². The summed E-state index contributed by atoms with van der Waals surface area (Å²) in [5.41, 5.74) is 1.54. The molecule has 2 nitrogen and oxygen atoms in total. The van der Waals surface area contributed by atoms with Gasteiger partial charge in [0, 0.05) is 19.1 Å². The molecule has 0 bridgehead atoms. The smallest absolute Gasteiger partial charge is 0.0107 e. The quantitative estimate of drug-likeness (QED) is 0.777. The molecule has 0 atom stereocenters. The lowest BCUT2D eigenvalue weighted by atomic mass is 9.82. The van der Waals surface area contributed by atoms with Gasteiger partial charge in [-0.05, 0) is 56.7 Å². The van der Waals surface area contributed by atoms with E-state index in [1.54, 1.807) is 0 Å². The molecule has 1 aromatic carbocycles. The second-order valence-electron chi connectivity index (χ2n) is 6.35. The number of rotatable bonds is 8. The lowest BCUT2D eigenvalue weighted by Gasteiger charge is -2.30. The summed E-state index contributed by atoms with van der Waals surface area (Å²) >= 11 is 0. The highest BCUT2D eigenvalue weighted by molar-refractivity contribution is 5.20. The third-order valence-corrected chi connectivity index (χ3v) is 4.85. The van der Waals surface area contributed by atoms with Gasteiger partial charge < -0.3 is 10.2 Å². The Morgan fingerprint density at radius 2 is 1.71 bits per heavy atom. The van der Waals surface area contributed by atoms with Crippen LogP contribution in [0.2, 0.25) is 0 Å². The predicted octanol–water partition coefficient (Wildman–Crippen LogP) is 4.03. The van der Waals surface area contributed by atoms with Crippen molar-refractivity contribution in [1.29, 1.82) is 0 Å². The van der Waals surface area contributed by atoms with Crippen molar-refractivity contribution in [3.63, 3.8) is 0 Å². The zero-order valence-electron chi connectivity index (χ0n) is 13.9. The molecule has 1 aliphatic rings. The van der Waals surface area contributed by atoms with Crippen molar-refractivity contribution in [2.75, 3.05) is 26.2 Å². The van der Waals surface area contributed by atoms with Crippen LogP contribution in [0.1, 0.15) is 57.4 Å². The molecular weight excluding hydrogens is 256 g/mol. The zero-order chi connectivity index (χ0) is 14.9. The maximum Gasteiger partial charge on any atom is 0.0107 e. The minimum atomic E-state index is 0.741. The molecule has 1 aromatic rings. The Balaban J connectivity index is 1.65. The number of benzene rings is 1. The van der Waals surface area contributed by atoms with Crippen molar-refractivity contribution < 1.29 is 0 Å². The average molecular weight is 288 g/mol. The van der Waals surface area contributed by atoms with Crippen molar-refractivity contribution >= 4 is 0 Å². The molecule has 0 aromatic heterocycles. The van der Waals surface area contributed by atoms with E-state index in [2.05, 4.69) is 54.4 Å². The van der Waals surface area contributed by atoms with E-state index in [0.29, 0.717) is 0 Å². The average Bonchev–Trinajstić information content (AvgIpc) is 2.55. The van der Waals surface area contributed by atoms with Crippen LogP contribution < -0.4 is 5.32 Å². The Labute approximate surface area is 130 Å². The van der Waals surface area contributed by atoms with Crippen molar-refractivity contribution in [2.45, 2.75) is 57.9 Å². The fourth-order valence-corrected chi connectivity index (χ4v) is 3.53. The summed E-state index contributed by atoms with van der Waals surface area (Å²) in [4.78, 5) is 2.54. The van der Waals surface area contributed by atoms with Crippen LogP contribution >= 0.6 is 0 Å². The van der Waals surface area contributed by atoms with Crippen molar-refractivity contribution in [1.82, 2.24) is 10.2 Å². The molecule has 1 saturated carbocycles. The van der Waals surface area contributed by atoms with Gasteiger partial charge >= 0.3 is 0 Å². The van der Waals surface area contributed by atoms with Gasteiger partial charge in [-0.2, -0.15) is 0 Å². The van der Waals surface area contributed by atoms with Crippen LogP contribution in [0.15, 0.2) is 30.3 Å². The Hall–Kier alpha value is -0.860. The minimum absolute atomic E-state index is 0.741. The molecule has 0 aliphatic heterocycles. The largest absolute Gasteiger partial charge is 0.313 e. The third-order valence-electron chi connectivity index (χ3n) is 4.85. The predicted molar refractivity (Wildman–Crippen MR) is 91.8 cm³/mol. The Morgan fingerprint density at radius 1 is 1.00 bits per heavy atom. The van der Waals surface area contributed by atoms with E-state index in [1.165, 1.54) is 57.3 Å². The SMILES string of the molecule is CCCN(CC)CCNC1CCC(c2ccccc2)CC1. The lowest BCUT2D eigenvalue weighted by molar-refractivity contribution is 0.269. The second kappa shape index (κ2) is 9.22. The first kappa shape index (κ1) is 16.5. The van der Waals surface area contributed by atoms with Crippen LogP contribution in [-0.2, 0) is 0 Å². The van der Waals surface area contributed by atoms with E-state index < -0.39 is 0 Å². The van der Waals surface area contributed by atoms with Gasteiger partial charge in [-0.25, -0.2) is 0 Å². The maximum absolute atomic E-state index is 3.78. The Bertz CT molecular complexity index is 368. The molecule has 1 aliphatic carbocycles. The van der Waals surface area contributed by atoms with Crippen LogP contribution in [0.4, 0.5) is 0 Å². The number of nitrogens with one attached hydrogen (secondary N) is 1.